The number of rotatable bonds is 7. The van der Waals surface area contributed by atoms with Crippen molar-refractivity contribution < 1.29 is 9.59 Å². The van der Waals surface area contributed by atoms with Gasteiger partial charge in [-0.15, -0.1) is 23.2 Å². The average Bonchev–Trinajstić information content (AvgIpc) is 3.57. The third-order valence-corrected chi connectivity index (χ3v) is 6.79. The van der Waals surface area contributed by atoms with E-state index >= 15 is 0 Å². The molecule has 0 radical (unpaired) electrons. The van der Waals surface area contributed by atoms with E-state index in [9.17, 15) is 14.9 Å². The van der Waals surface area contributed by atoms with Gasteiger partial charge in [-0.3, -0.25) is 9.59 Å². The lowest BCUT2D eigenvalue weighted by atomic mass is 10.1. The van der Waals surface area contributed by atoms with Crippen LogP contribution in [0, 0.1) is 23.2 Å². The predicted molar refractivity (Wildman–Crippen MR) is 129 cm³/mol. The highest BCUT2D eigenvalue weighted by Gasteiger charge is 2.67. The second-order valence-corrected chi connectivity index (χ2v) is 10.7. The van der Waals surface area contributed by atoms with Crippen LogP contribution in [0.25, 0.3) is 0 Å². The van der Waals surface area contributed by atoms with Crippen LogP contribution in [-0.4, -0.2) is 21.7 Å². The van der Waals surface area contributed by atoms with E-state index < -0.39 is 33.5 Å². The summed E-state index contributed by atoms with van der Waals surface area (Å²) in [5.74, 6) is -2.26. The maximum atomic E-state index is 12.8. The minimum absolute atomic E-state index is 0.142. The van der Waals surface area contributed by atoms with E-state index in [1.54, 1.807) is 19.1 Å². The van der Waals surface area contributed by atoms with Gasteiger partial charge in [0.2, 0.25) is 5.91 Å². The van der Waals surface area contributed by atoms with Crippen molar-refractivity contribution in [3.05, 3.63) is 63.2 Å². The number of amides is 2. The van der Waals surface area contributed by atoms with Gasteiger partial charge in [0.1, 0.15) is 9.87 Å². The van der Waals surface area contributed by atoms with Gasteiger partial charge in [-0.05, 0) is 55.7 Å². The third kappa shape index (κ3) is 5.44. The number of halogens is 5. The van der Waals surface area contributed by atoms with Gasteiger partial charge in [-0.1, -0.05) is 41.4 Å². The van der Waals surface area contributed by atoms with E-state index in [0.717, 1.165) is 0 Å². The molecule has 0 spiro atoms. The van der Waals surface area contributed by atoms with E-state index in [2.05, 4.69) is 23.3 Å². The van der Waals surface area contributed by atoms with Crippen LogP contribution in [0.5, 0.6) is 0 Å². The molecule has 1 aromatic carbocycles. The summed E-state index contributed by atoms with van der Waals surface area (Å²) in [6, 6.07) is 6.55. The number of carbonyl (C=O) groups is 2. The highest BCUT2D eigenvalue weighted by Crippen LogP contribution is 2.62. The molecule has 32 heavy (non-hydrogen) atoms. The number of allylic oxidation sites excluding steroid dienone is 5. The zero-order valence-electron chi connectivity index (χ0n) is 16.8. The molecule has 0 aromatic heterocycles. The maximum Gasteiger partial charge on any atom is 0.254 e. The van der Waals surface area contributed by atoms with Gasteiger partial charge < -0.3 is 10.6 Å². The summed E-state index contributed by atoms with van der Waals surface area (Å²) in [4.78, 5) is 25.4. The Labute approximate surface area is 211 Å². The molecule has 1 aromatic rings. The SMILES string of the molecule is C=C(/C=C(Cl)\C=C(/C)Cl)[C@H]1[C@H](C(=O)Nc2ccc(Cl)c(C(=O)NC3(C#N)CC3)c2)C1(Cl)Cl. The molecule has 0 bridgehead atoms. The Balaban J connectivity index is 1.72. The lowest BCUT2D eigenvalue weighted by Crippen LogP contribution is -2.35. The zero-order chi connectivity index (χ0) is 23.8. The summed E-state index contributed by atoms with van der Waals surface area (Å²) >= 11 is 30.7. The Morgan fingerprint density at radius 3 is 2.44 bits per heavy atom. The standard InChI is InChI=1S/C22H18Cl5N3O2/c1-11(7-13(24)8-12(2)23)17-18(22(17,26)27)20(32)29-14-3-4-16(25)15(9-14)19(31)30-21(10-28)5-6-21/h3-4,7-9,17-18H,1,5-6H2,2H3,(H,29,32)(H,30,31)/b12-8+,13-7+/t17-,18+/m0/s1. The predicted octanol–water partition coefficient (Wildman–Crippen LogP) is 6.31. The quantitative estimate of drug-likeness (QED) is 0.319. The Morgan fingerprint density at radius 1 is 1.22 bits per heavy atom. The molecule has 0 heterocycles. The van der Waals surface area contributed by atoms with Crippen molar-refractivity contribution in [2.45, 2.75) is 29.6 Å². The Hall–Kier alpha value is -1.68. The molecule has 3 rings (SSSR count). The first-order valence-electron chi connectivity index (χ1n) is 9.52. The molecular formula is C22H18Cl5N3O2. The number of carbonyl (C=O) groups excluding carboxylic acids is 2. The van der Waals surface area contributed by atoms with E-state index in [1.165, 1.54) is 18.2 Å². The molecule has 2 atom stereocenters. The molecule has 5 nitrogen and oxygen atoms in total. The number of nitriles is 1. The summed E-state index contributed by atoms with van der Waals surface area (Å²) < 4.78 is -1.35. The Kier molecular flexibility index (Phi) is 7.24. The first-order chi connectivity index (χ1) is 14.9. The highest BCUT2D eigenvalue weighted by atomic mass is 35.5. The average molecular weight is 534 g/mol. The van der Waals surface area contributed by atoms with Gasteiger partial charge in [0.15, 0.2) is 0 Å². The number of nitrogens with one attached hydrogen (secondary N) is 2. The van der Waals surface area contributed by atoms with Crippen LogP contribution < -0.4 is 10.6 Å². The van der Waals surface area contributed by atoms with Crippen LogP contribution in [-0.2, 0) is 4.79 Å². The molecule has 2 aliphatic rings. The number of nitrogens with zero attached hydrogens (tertiary/aromatic N) is 1. The van der Waals surface area contributed by atoms with Crippen molar-refractivity contribution in [2.75, 3.05) is 5.32 Å². The van der Waals surface area contributed by atoms with Crippen molar-refractivity contribution in [3.63, 3.8) is 0 Å². The van der Waals surface area contributed by atoms with Crippen LogP contribution >= 0.6 is 58.0 Å². The highest BCUT2D eigenvalue weighted by molar-refractivity contribution is 6.53. The van der Waals surface area contributed by atoms with Gasteiger partial charge in [-0.2, -0.15) is 5.26 Å². The van der Waals surface area contributed by atoms with Crippen LogP contribution in [0.1, 0.15) is 30.1 Å². The van der Waals surface area contributed by atoms with Crippen molar-refractivity contribution in [2.24, 2.45) is 11.8 Å². The minimum Gasteiger partial charge on any atom is -0.334 e. The molecule has 0 unspecified atom stereocenters. The number of anilines is 1. The summed E-state index contributed by atoms with van der Waals surface area (Å²) in [6.45, 7) is 5.59. The number of benzene rings is 1. The van der Waals surface area contributed by atoms with Gasteiger partial charge >= 0.3 is 0 Å². The Bertz CT molecular complexity index is 1100. The molecule has 2 N–H and O–H groups in total. The molecule has 168 valence electrons. The van der Waals surface area contributed by atoms with E-state index in [4.69, 9.17) is 58.0 Å². The second kappa shape index (κ2) is 9.29. The first-order valence-corrected chi connectivity index (χ1v) is 11.4. The molecule has 0 aliphatic heterocycles. The molecule has 2 aliphatic carbocycles. The molecule has 10 heteroatoms. The summed E-state index contributed by atoms with van der Waals surface area (Å²) in [7, 11) is 0. The summed E-state index contributed by atoms with van der Waals surface area (Å²) in [5.41, 5.74) is 0.117. The fourth-order valence-corrected chi connectivity index (χ4v) is 4.82. The fourth-order valence-electron chi connectivity index (χ4n) is 3.28. The number of hydrogen-bond donors (Lipinski definition) is 2. The third-order valence-electron chi connectivity index (χ3n) is 5.19. The number of alkyl halides is 2. The fraction of sp³-hybridized carbons (Fsp3) is 0.318. The van der Waals surface area contributed by atoms with E-state index in [1.807, 2.05) is 0 Å². The molecule has 2 saturated carbocycles. The van der Waals surface area contributed by atoms with E-state index in [-0.39, 0.29) is 10.6 Å². The van der Waals surface area contributed by atoms with Crippen LogP contribution in [0.3, 0.4) is 0 Å². The van der Waals surface area contributed by atoms with Crippen molar-refractivity contribution >= 4 is 75.5 Å². The monoisotopic (exact) mass is 531 g/mol. The van der Waals surface area contributed by atoms with Gasteiger partial charge in [0.05, 0.1) is 22.6 Å². The van der Waals surface area contributed by atoms with Crippen molar-refractivity contribution in [1.29, 1.82) is 5.26 Å². The smallest absolute Gasteiger partial charge is 0.254 e. The molecular weight excluding hydrogens is 516 g/mol. The normalized spacial score (nSPS) is 23.0. The van der Waals surface area contributed by atoms with Crippen LogP contribution in [0.4, 0.5) is 5.69 Å². The maximum absolute atomic E-state index is 12.8. The molecule has 0 saturated heterocycles. The van der Waals surface area contributed by atoms with Crippen LogP contribution in [0.15, 0.2) is 52.6 Å². The lowest BCUT2D eigenvalue weighted by molar-refractivity contribution is -0.117. The minimum atomic E-state index is -1.35. The lowest BCUT2D eigenvalue weighted by Gasteiger charge is -2.12. The second-order valence-electron chi connectivity index (χ2n) is 7.80. The van der Waals surface area contributed by atoms with Crippen LogP contribution in [0.2, 0.25) is 5.02 Å². The van der Waals surface area contributed by atoms with Crippen molar-refractivity contribution in [3.8, 4) is 6.07 Å². The zero-order valence-corrected chi connectivity index (χ0v) is 20.6. The van der Waals surface area contributed by atoms with Crippen molar-refractivity contribution in [1.82, 2.24) is 5.32 Å². The van der Waals surface area contributed by atoms with Gasteiger partial charge in [-0.25, -0.2) is 0 Å². The summed E-state index contributed by atoms with van der Waals surface area (Å²) in [6.07, 6.45) is 4.26. The topological polar surface area (TPSA) is 82.0 Å². The molecule has 2 amide bonds. The molecule has 2 fully saturated rings. The summed E-state index contributed by atoms with van der Waals surface area (Å²) in [5, 5.41) is 15.6. The number of hydrogen-bond acceptors (Lipinski definition) is 3. The van der Waals surface area contributed by atoms with Gasteiger partial charge in [0, 0.05) is 21.7 Å². The van der Waals surface area contributed by atoms with Gasteiger partial charge in [0.25, 0.3) is 5.91 Å². The van der Waals surface area contributed by atoms with E-state index in [0.29, 0.717) is 34.2 Å². The Morgan fingerprint density at radius 2 is 1.88 bits per heavy atom. The first kappa shape index (κ1) is 25.0. The largest absolute Gasteiger partial charge is 0.334 e.